The van der Waals surface area contributed by atoms with Crippen LogP contribution in [-0.2, 0) is 9.59 Å². The van der Waals surface area contributed by atoms with Crippen molar-refractivity contribution in [3.63, 3.8) is 0 Å². The summed E-state index contributed by atoms with van der Waals surface area (Å²) in [5, 5.41) is 5.36. The first-order valence-corrected chi connectivity index (χ1v) is 5.87. The van der Waals surface area contributed by atoms with Crippen LogP contribution < -0.4 is 15.5 Å². The van der Waals surface area contributed by atoms with Crippen molar-refractivity contribution in [2.75, 3.05) is 31.6 Å². The number of para-hydroxylation sites is 1. The smallest absolute Gasteiger partial charge is 0.239 e. The van der Waals surface area contributed by atoms with E-state index in [1.54, 1.807) is 0 Å². The second-order valence-corrected chi connectivity index (χ2v) is 4.02. The van der Waals surface area contributed by atoms with E-state index in [-0.39, 0.29) is 11.8 Å². The molecule has 0 aliphatic carbocycles. The second-order valence-electron chi connectivity index (χ2n) is 4.02. The van der Waals surface area contributed by atoms with Gasteiger partial charge in [0.25, 0.3) is 0 Å². The highest BCUT2D eigenvalue weighted by atomic mass is 16.2. The maximum absolute atomic E-state index is 11.6. The normalized spacial score (nSPS) is 9.67. The van der Waals surface area contributed by atoms with Crippen molar-refractivity contribution >= 4 is 17.5 Å². The summed E-state index contributed by atoms with van der Waals surface area (Å²) in [6.07, 6.45) is 0. The molecule has 0 heterocycles. The molecule has 0 aliphatic heterocycles. The predicted molar refractivity (Wildman–Crippen MR) is 71.4 cm³/mol. The number of carbonyl (C=O) groups excluding carboxylic acids is 2. The molecule has 5 nitrogen and oxygen atoms in total. The number of benzene rings is 1. The summed E-state index contributed by atoms with van der Waals surface area (Å²) in [6, 6.07) is 9.70. The van der Waals surface area contributed by atoms with Crippen molar-refractivity contribution in [1.82, 2.24) is 10.6 Å². The number of amides is 2. The van der Waals surface area contributed by atoms with Gasteiger partial charge in [0.15, 0.2) is 0 Å². The molecule has 98 valence electrons. The molecular weight excluding hydrogens is 230 g/mol. The van der Waals surface area contributed by atoms with Gasteiger partial charge in [-0.3, -0.25) is 9.59 Å². The van der Waals surface area contributed by atoms with E-state index in [4.69, 9.17) is 0 Å². The molecule has 18 heavy (non-hydrogen) atoms. The maximum atomic E-state index is 11.6. The lowest BCUT2D eigenvalue weighted by Crippen LogP contribution is -2.39. The zero-order valence-electron chi connectivity index (χ0n) is 10.8. The predicted octanol–water partition coefficient (Wildman–Crippen LogP) is 0.375. The number of anilines is 1. The van der Waals surface area contributed by atoms with Crippen LogP contribution in [0.15, 0.2) is 30.3 Å². The fraction of sp³-hybridized carbons (Fsp3) is 0.385. The lowest BCUT2D eigenvalue weighted by atomic mass is 10.3. The first-order chi connectivity index (χ1) is 8.59. The zero-order valence-corrected chi connectivity index (χ0v) is 10.8. The van der Waals surface area contributed by atoms with Crippen LogP contribution >= 0.6 is 0 Å². The van der Waals surface area contributed by atoms with Crippen LogP contribution in [-0.4, -0.2) is 38.5 Å². The van der Waals surface area contributed by atoms with E-state index in [1.165, 1.54) is 6.92 Å². The van der Waals surface area contributed by atoms with Gasteiger partial charge in [-0.15, -0.1) is 0 Å². The Balaban J connectivity index is 2.26. The molecule has 2 N–H and O–H groups in total. The number of rotatable bonds is 6. The van der Waals surface area contributed by atoms with Gasteiger partial charge in [0.05, 0.1) is 6.54 Å². The van der Waals surface area contributed by atoms with Crippen LogP contribution in [0, 0.1) is 0 Å². The van der Waals surface area contributed by atoms with Crippen LogP contribution in [0.1, 0.15) is 6.92 Å². The van der Waals surface area contributed by atoms with E-state index >= 15 is 0 Å². The molecule has 0 saturated heterocycles. The highest BCUT2D eigenvalue weighted by molar-refractivity contribution is 5.81. The average molecular weight is 249 g/mol. The van der Waals surface area contributed by atoms with Crippen LogP contribution in [0.5, 0.6) is 0 Å². The average Bonchev–Trinajstić information content (AvgIpc) is 2.35. The largest absolute Gasteiger partial charge is 0.365 e. The molecule has 2 amide bonds. The zero-order chi connectivity index (χ0) is 13.4. The van der Waals surface area contributed by atoms with Gasteiger partial charge in [0.2, 0.25) is 11.8 Å². The van der Waals surface area contributed by atoms with Crippen molar-refractivity contribution < 1.29 is 9.59 Å². The van der Waals surface area contributed by atoms with Crippen LogP contribution in [0.4, 0.5) is 5.69 Å². The van der Waals surface area contributed by atoms with E-state index in [9.17, 15) is 9.59 Å². The van der Waals surface area contributed by atoms with Gasteiger partial charge in [-0.05, 0) is 12.1 Å². The first kappa shape index (κ1) is 14.0. The Morgan fingerprint density at radius 3 is 2.33 bits per heavy atom. The fourth-order valence-corrected chi connectivity index (χ4v) is 1.49. The van der Waals surface area contributed by atoms with E-state index in [2.05, 4.69) is 10.6 Å². The topological polar surface area (TPSA) is 61.4 Å². The van der Waals surface area contributed by atoms with E-state index < -0.39 is 0 Å². The number of nitrogens with zero attached hydrogens (tertiary/aromatic N) is 1. The highest BCUT2D eigenvalue weighted by Crippen LogP contribution is 2.09. The third-order valence-corrected chi connectivity index (χ3v) is 2.40. The van der Waals surface area contributed by atoms with Crippen molar-refractivity contribution in [2.45, 2.75) is 6.92 Å². The Kier molecular flexibility index (Phi) is 5.70. The third kappa shape index (κ3) is 5.34. The minimum atomic E-state index is -0.0920. The molecule has 0 aromatic heterocycles. The molecule has 1 aromatic rings. The van der Waals surface area contributed by atoms with Gasteiger partial charge in [0.1, 0.15) is 0 Å². The summed E-state index contributed by atoms with van der Waals surface area (Å²) in [7, 11) is 1.86. The lowest BCUT2D eigenvalue weighted by molar-refractivity contribution is -0.121. The van der Waals surface area contributed by atoms with Crippen molar-refractivity contribution in [3.05, 3.63) is 30.3 Å². The Morgan fingerprint density at radius 1 is 1.11 bits per heavy atom. The van der Waals surface area contributed by atoms with E-state index in [0.717, 1.165) is 5.69 Å². The Hall–Kier alpha value is -2.04. The lowest BCUT2D eigenvalue weighted by Gasteiger charge is -2.18. The summed E-state index contributed by atoms with van der Waals surface area (Å²) >= 11 is 0. The van der Waals surface area contributed by atoms with Crippen molar-refractivity contribution in [2.24, 2.45) is 0 Å². The monoisotopic (exact) mass is 249 g/mol. The molecular formula is C13H19N3O2. The molecule has 0 atom stereocenters. The standard InChI is InChI=1S/C13H19N3O2/c1-11(17)14-8-9-15-13(18)10-16(2)12-6-4-3-5-7-12/h3-7H,8-10H2,1-2H3,(H,14,17)(H,15,18). The molecule has 1 aromatic carbocycles. The summed E-state index contributed by atoms with van der Waals surface area (Å²) in [4.78, 5) is 24.1. The minimum Gasteiger partial charge on any atom is -0.365 e. The van der Waals surface area contributed by atoms with E-state index in [0.29, 0.717) is 19.6 Å². The Morgan fingerprint density at radius 2 is 1.72 bits per heavy atom. The molecule has 0 aliphatic rings. The molecule has 0 unspecified atom stereocenters. The van der Waals surface area contributed by atoms with Crippen LogP contribution in [0.2, 0.25) is 0 Å². The molecule has 0 saturated carbocycles. The summed E-state index contributed by atoms with van der Waals surface area (Å²) in [6.45, 7) is 2.65. The number of nitrogens with one attached hydrogen (secondary N) is 2. The fourth-order valence-electron chi connectivity index (χ4n) is 1.49. The van der Waals surface area contributed by atoms with Crippen LogP contribution in [0.3, 0.4) is 0 Å². The molecule has 1 rings (SSSR count). The van der Waals surface area contributed by atoms with Gasteiger partial charge in [-0.1, -0.05) is 18.2 Å². The van der Waals surface area contributed by atoms with Gasteiger partial charge >= 0.3 is 0 Å². The molecule has 0 fully saturated rings. The number of hydrogen-bond donors (Lipinski definition) is 2. The minimum absolute atomic E-state index is 0.0632. The number of hydrogen-bond acceptors (Lipinski definition) is 3. The summed E-state index contributed by atoms with van der Waals surface area (Å²) < 4.78 is 0. The van der Waals surface area contributed by atoms with E-state index in [1.807, 2.05) is 42.3 Å². The van der Waals surface area contributed by atoms with Gasteiger partial charge < -0.3 is 15.5 Å². The molecule has 0 bridgehead atoms. The summed E-state index contributed by atoms with van der Waals surface area (Å²) in [5.41, 5.74) is 0.995. The highest BCUT2D eigenvalue weighted by Gasteiger charge is 2.06. The second kappa shape index (κ2) is 7.32. The Bertz CT molecular complexity index is 392. The summed E-state index contributed by atoms with van der Waals surface area (Å²) in [5.74, 6) is -0.155. The van der Waals surface area contributed by atoms with Crippen molar-refractivity contribution in [1.29, 1.82) is 0 Å². The molecule has 0 spiro atoms. The third-order valence-electron chi connectivity index (χ3n) is 2.40. The van der Waals surface area contributed by atoms with Gasteiger partial charge in [-0.2, -0.15) is 0 Å². The first-order valence-electron chi connectivity index (χ1n) is 5.87. The SMILES string of the molecule is CC(=O)NCCNC(=O)CN(C)c1ccccc1. The number of carbonyl (C=O) groups is 2. The Labute approximate surface area is 107 Å². The van der Waals surface area contributed by atoms with Crippen LogP contribution in [0.25, 0.3) is 0 Å². The molecule has 5 heteroatoms. The maximum Gasteiger partial charge on any atom is 0.239 e. The van der Waals surface area contributed by atoms with Crippen molar-refractivity contribution in [3.8, 4) is 0 Å². The molecule has 0 radical (unpaired) electrons. The van der Waals surface area contributed by atoms with Gasteiger partial charge in [0, 0.05) is 32.7 Å². The van der Waals surface area contributed by atoms with Gasteiger partial charge in [-0.25, -0.2) is 0 Å². The number of likely N-dealkylation sites (N-methyl/N-ethyl adjacent to an activating group) is 1. The quantitative estimate of drug-likeness (QED) is 0.716.